The molecule has 0 N–H and O–H groups in total. The SMILES string of the molecule is C=C1CCN2CCCCC2C1. The van der Waals surface area contributed by atoms with Gasteiger partial charge in [-0.25, -0.2) is 0 Å². The molecule has 2 saturated heterocycles. The molecule has 0 bridgehead atoms. The second-order valence-corrected chi connectivity index (χ2v) is 3.89. The number of piperidine rings is 2. The Hall–Kier alpha value is -0.300. The van der Waals surface area contributed by atoms with E-state index >= 15 is 0 Å². The third-order valence-electron chi connectivity index (χ3n) is 3.03. The molecule has 1 unspecified atom stereocenters. The minimum Gasteiger partial charge on any atom is -0.300 e. The quantitative estimate of drug-likeness (QED) is 0.480. The van der Waals surface area contributed by atoms with E-state index in [-0.39, 0.29) is 0 Å². The van der Waals surface area contributed by atoms with Gasteiger partial charge in [0.05, 0.1) is 0 Å². The normalized spacial score (nSPS) is 33.5. The van der Waals surface area contributed by atoms with Gasteiger partial charge in [-0.05, 0) is 32.2 Å². The van der Waals surface area contributed by atoms with Crippen LogP contribution in [0.2, 0.25) is 0 Å². The monoisotopic (exact) mass is 151 g/mol. The zero-order valence-electron chi connectivity index (χ0n) is 7.18. The minimum absolute atomic E-state index is 0.866. The van der Waals surface area contributed by atoms with Crippen LogP contribution in [0.25, 0.3) is 0 Å². The summed E-state index contributed by atoms with van der Waals surface area (Å²) in [6, 6.07) is 0.866. The first-order valence-corrected chi connectivity index (χ1v) is 4.77. The van der Waals surface area contributed by atoms with E-state index in [0.717, 1.165) is 6.04 Å². The molecule has 2 rings (SSSR count). The first kappa shape index (κ1) is 7.35. The fourth-order valence-electron chi connectivity index (χ4n) is 2.32. The van der Waals surface area contributed by atoms with Crippen LogP contribution in [0.3, 0.4) is 0 Å². The Morgan fingerprint density at radius 1 is 1.27 bits per heavy atom. The fourth-order valence-corrected chi connectivity index (χ4v) is 2.32. The summed E-state index contributed by atoms with van der Waals surface area (Å²) in [7, 11) is 0. The summed E-state index contributed by atoms with van der Waals surface area (Å²) in [6.07, 6.45) is 6.80. The fraction of sp³-hybridized carbons (Fsp3) is 0.800. The van der Waals surface area contributed by atoms with Crippen molar-refractivity contribution in [3.63, 3.8) is 0 Å². The summed E-state index contributed by atoms with van der Waals surface area (Å²) in [5, 5.41) is 0. The Balaban J connectivity index is 1.98. The van der Waals surface area contributed by atoms with E-state index in [1.807, 2.05) is 0 Å². The first-order chi connectivity index (χ1) is 5.36. The van der Waals surface area contributed by atoms with Gasteiger partial charge < -0.3 is 0 Å². The number of hydrogen-bond donors (Lipinski definition) is 0. The van der Waals surface area contributed by atoms with Crippen LogP contribution in [-0.2, 0) is 0 Å². The second-order valence-electron chi connectivity index (χ2n) is 3.89. The van der Waals surface area contributed by atoms with Crippen molar-refractivity contribution in [2.75, 3.05) is 13.1 Å². The molecule has 0 aliphatic carbocycles. The summed E-state index contributed by atoms with van der Waals surface area (Å²) in [5.74, 6) is 0. The lowest BCUT2D eigenvalue weighted by molar-refractivity contribution is 0.130. The van der Waals surface area contributed by atoms with Crippen molar-refractivity contribution in [2.24, 2.45) is 0 Å². The van der Waals surface area contributed by atoms with E-state index < -0.39 is 0 Å². The summed E-state index contributed by atoms with van der Waals surface area (Å²) >= 11 is 0. The van der Waals surface area contributed by atoms with Crippen LogP contribution in [0.15, 0.2) is 12.2 Å². The van der Waals surface area contributed by atoms with Gasteiger partial charge in [0.25, 0.3) is 0 Å². The molecule has 0 amide bonds. The zero-order chi connectivity index (χ0) is 7.68. The van der Waals surface area contributed by atoms with Gasteiger partial charge in [-0.2, -0.15) is 0 Å². The lowest BCUT2D eigenvalue weighted by Gasteiger charge is -2.39. The standard InChI is InChI=1S/C10H17N/c1-9-5-7-11-6-3-2-4-10(11)8-9/h10H,1-8H2. The molecule has 0 saturated carbocycles. The van der Waals surface area contributed by atoms with Crippen molar-refractivity contribution < 1.29 is 0 Å². The molecule has 0 spiro atoms. The van der Waals surface area contributed by atoms with Crippen molar-refractivity contribution in [1.29, 1.82) is 0 Å². The second kappa shape index (κ2) is 2.98. The van der Waals surface area contributed by atoms with Crippen LogP contribution >= 0.6 is 0 Å². The summed E-state index contributed by atoms with van der Waals surface area (Å²) < 4.78 is 0. The van der Waals surface area contributed by atoms with Gasteiger partial charge in [0.1, 0.15) is 0 Å². The maximum absolute atomic E-state index is 4.08. The van der Waals surface area contributed by atoms with Crippen molar-refractivity contribution in [2.45, 2.75) is 38.1 Å². The van der Waals surface area contributed by atoms with Crippen LogP contribution in [0.4, 0.5) is 0 Å². The highest BCUT2D eigenvalue weighted by molar-refractivity contribution is 5.03. The van der Waals surface area contributed by atoms with Gasteiger partial charge in [-0.3, -0.25) is 4.90 Å². The van der Waals surface area contributed by atoms with E-state index in [4.69, 9.17) is 0 Å². The van der Waals surface area contributed by atoms with Crippen LogP contribution < -0.4 is 0 Å². The first-order valence-electron chi connectivity index (χ1n) is 4.77. The molecule has 1 atom stereocenters. The van der Waals surface area contributed by atoms with Gasteiger partial charge in [-0.1, -0.05) is 18.6 Å². The van der Waals surface area contributed by atoms with Crippen LogP contribution in [0, 0.1) is 0 Å². The third kappa shape index (κ3) is 1.48. The molecule has 2 fully saturated rings. The Labute approximate surface area is 69.1 Å². The molecule has 0 aromatic carbocycles. The van der Waals surface area contributed by atoms with Crippen molar-refractivity contribution >= 4 is 0 Å². The lowest BCUT2D eigenvalue weighted by atomic mass is 9.91. The Morgan fingerprint density at radius 2 is 2.18 bits per heavy atom. The lowest BCUT2D eigenvalue weighted by Crippen LogP contribution is -2.43. The number of fused-ring (bicyclic) bond motifs is 1. The number of rotatable bonds is 0. The average molecular weight is 151 g/mol. The molecule has 1 heteroatoms. The molecular formula is C10H17N. The Kier molecular flexibility index (Phi) is 1.99. The number of nitrogens with zero attached hydrogens (tertiary/aromatic N) is 1. The molecule has 62 valence electrons. The van der Waals surface area contributed by atoms with E-state index in [1.165, 1.54) is 50.8 Å². The van der Waals surface area contributed by atoms with E-state index in [9.17, 15) is 0 Å². The average Bonchev–Trinajstić information content (AvgIpc) is 2.04. The molecular weight excluding hydrogens is 134 g/mol. The topological polar surface area (TPSA) is 3.24 Å². The zero-order valence-corrected chi connectivity index (χ0v) is 7.18. The molecule has 0 aromatic rings. The van der Waals surface area contributed by atoms with Crippen molar-refractivity contribution in [1.82, 2.24) is 4.90 Å². The minimum atomic E-state index is 0.866. The largest absolute Gasteiger partial charge is 0.300 e. The molecule has 11 heavy (non-hydrogen) atoms. The number of hydrogen-bond acceptors (Lipinski definition) is 1. The molecule has 2 aliphatic heterocycles. The van der Waals surface area contributed by atoms with Gasteiger partial charge in [0.15, 0.2) is 0 Å². The Morgan fingerprint density at radius 3 is 3.09 bits per heavy atom. The van der Waals surface area contributed by atoms with Crippen molar-refractivity contribution in [3.05, 3.63) is 12.2 Å². The molecule has 0 aromatic heterocycles. The highest BCUT2D eigenvalue weighted by atomic mass is 15.2. The van der Waals surface area contributed by atoms with Gasteiger partial charge >= 0.3 is 0 Å². The van der Waals surface area contributed by atoms with Crippen molar-refractivity contribution in [3.8, 4) is 0 Å². The van der Waals surface area contributed by atoms with Gasteiger partial charge in [-0.15, -0.1) is 0 Å². The Bertz CT molecular complexity index is 162. The summed E-state index contributed by atoms with van der Waals surface area (Å²) in [6.45, 7) is 6.70. The highest BCUT2D eigenvalue weighted by Gasteiger charge is 2.25. The molecule has 1 nitrogen and oxygen atoms in total. The van der Waals surface area contributed by atoms with E-state index in [1.54, 1.807) is 0 Å². The summed E-state index contributed by atoms with van der Waals surface area (Å²) in [4.78, 5) is 2.65. The molecule has 2 aliphatic rings. The van der Waals surface area contributed by atoms with Gasteiger partial charge in [0, 0.05) is 12.6 Å². The van der Waals surface area contributed by atoms with Gasteiger partial charge in [0.2, 0.25) is 0 Å². The predicted octanol–water partition coefficient (Wildman–Crippen LogP) is 2.19. The highest BCUT2D eigenvalue weighted by Crippen LogP contribution is 2.27. The van der Waals surface area contributed by atoms with E-state index in [2.05, 4.69) is 11.5 Å². The smallest absolute Gasteiger partial charge is 0.0132 e. The maximum Gasteiger partial charge on any atom is 0.0132 e. The third-order valence-corrected chi connectivity index (χ3v) is 3.03. The molecule has 2 heterocycles. The van der Waals surface area contributed by atoms with Crippen LogP contribution in [0.5, 0.6) is 0 Å². The summed E-state index contributed by atoms with van der Waals surface area (Å²) in [5.41, 5.74) is 1.48. The molecule has 0 radical (unpaired) electrons. The van der Waals surface area contributed by atoms with Crippen LogP contribution in [-0.4, -0.2) is 24.0 Å². The van der Waals surface area contributed by atoms with Crippen LogP contribution in [0.1, 0.15) is 32.1 Å². The van der Waals surface area contributed by atoms with E-state index in [0.29, 0.717) is 0 Å². The predicted molar refractivity (Wildman–Crippen MR) is 47.6 cm³/mol. The maximum atomic E-state index is 4.08.